The Balaban J connectivity index is 2.35. The van der Waals surface area contributed by atoms with Crippen LogP contribution < -0.4 is 14.8 Å². The Labute approximate surface area is 173 Å². The summed E-state index contributed by atoms with van der Waals surface area (Å²) in [5, 5.41) is 12.3. The van der Waals surface area contributed by atoms with Gasteiger partial charge in [0.1, 0.15) is 18.2 Å². The van der Waals surface area contributed by atoms with E-state index in [0.717, 1.165) is 11.1 Å². The Hall–Kier alpha value is -3.04. The van der Waals surface area contributed by atoms with Crippen molar-refractivity contribution in [1.29, 1.82) is 5.26 Å². The zero-order valence-electron chi connectivity index (χ0n) is 16.0. The molecule has 28 heavy (non-hydrogen) atoms. The third-order valence-electron chi connectivity index (χ3n) is 3.95. The van der Waals surface area contributed by atoms with E-state index >= 15 is 0 Å². The number of benzene rings is 2. The Morgan fingerprint density at radius 2 is 2.04 bits per heavy atom. The second-order valence-corrected chi connectivity index (χ2v) is 6.92. The summed E-state index contributed by atoms with van der Waals surface area (Å²) < 4.78 is 11.6. The highest BCUT2D eigenvalue weighted by molar-refractivity contribution is 9.10. The van der Waals surface area contributed by atoms with Crippen LogP contribution in [0.3, 0.4) is 0 Å². The van der Waals surface area contributed by atoms with Crippen molar-refractivity contribution in [3.8, 4) is 17.6 Å². The molecule has 2 rings (SSSR count). The number of nitriles is 1. The smallest absolute Gasteiger partial charge is 0.266 e. The molecule has 0 aliphatic rings. The lowest BCUT2D eigenvalue weighted by molar-refractivity contribution is -0.112. The summed E-state index contributed by atoms with van der Waals surface area (Å²) >= 11 is 3.45. The number of aryl methyl sites for hydroxylation is 2. The molecule has 0 aromatic heterocycles. The zero-order valence-corrected chi connectivity index (χ0v) is 17.6. The standard InChI is InChI=1S/C22H21BrN2O3/c1-5-8-28-21-12-18(23)16(11-20(21)27-4)10-17(13-24)22(26)25-19-9-14(2)6-7-15(19)3/h5-7,9-12H,1,8H2,2-4H3,(H,25,26)/b17-10+. The highest BCUT2D eigenvalue weighted by Gasteiger charge is 2.14. The van der Waals surface area contributed by atoms with Crippen LogP contribution >= 0.6 is 15.9 Å². The van der Waals surface area contributed by atoms with Crippen LogP contribution in [0.15, 0.2) is 53.0 Å². The summed E-state index contributed by atoms with van der Waals surface area (Å²) in [6, 6.07) is 11.1. The molecular weight excluding hydrogens is 420 g/mol. The predicted molar refractivity (Wildman–Crippen MR) is 115 cm³/mol. The monoisotopic (exact) mass is 440 g/mol. The fourth-order valence-electron chi connectivity index (χ4n) is 2.45. The fourth-order valence-corrected chi connectivity index (χ4v) is 2.88. The second-order valence-electron chi connectivity index (χ2n) is 6.07. The van der Waals surface area contributed by atoms with Crippen LogP contribution in [0, 0.1) is 25.2 Å². The van der Waals surface area contributed by atoms with E-state index in [9.17, 15) is 10.1 Å². The third-order valence-corrected chi connectivity index (χ3v) is 4.63. The first-order valence-corrected chi connectivity index (χ1v) is 9.30. The van der Waals surface area contributed by atoms with Gasteiger partial charge in [0.05, 0.1) is 7.11 Å². The normalized spacial score (nSPS) is 10.8. The number of hydrogen-bond donors (Lipinski definition) is 1. The van der Waals surface area contributed by atoms with Gasteiger partial charge in [-0.15, -0.1) is 0 Å². The molecule has 2 aromatic carbocycles. The second kappa shape index (κ2) is 9.77. The number of amides is 1. The van der Waals surface area contributed by atoms with E-state index in [4.69, 9.17) is 9.47 Å². The molecule has 0 aliphatic carbocycles. The topological polar surface area (TPSA) is 71.3 Å². The number of hydrogen-bond acceptors (Lipinski definition) is 4. The summed E-state index contributed by atoms with van der Waals surface area (Å²) in [4.78, 5) is 12.6. The summed E-state index contributed by atoms with van der Waals surface area (Å²) in [6.07, 6.45) is 3.14. The number of rotatable bonds is 7. The highest BCUT2D eigenvalue weighted by atomic mass is 79.9. The number of nitrogens with one attached hydrogen (secondary N) is 1. The maximum Gasteiger partial charge on any atom is 0.266 e. The third kappa shape index (κ3) is 5.24. The summed E-state index contributed by atoms with van der Waals surface area (Å²) in [7, 11) is 1.52. The van der Waals surface area contributed by atoms with Crippen molar-refractivity contribution in [2.45, 2.75) is 13.8 Å². The molecule has 0 saturated heterocycles. The number of carbonyl (C=O) groups excluding carboxylic acids is 1. The Kier molecular flexibility index (Phi) is 7.42. The van der Waals surface area contributed by atoms with Gasteiger partial charge >= 0.3 is 0 Å². The first-order valence-electron chi connectivity index (χ1n) is 8.51. The van der Waals surface area contributed by atoms with Gasteiger partial charge in [-0.25, -0.2) is 0 Å². The van der Waals surface area contributed by atoms with Crippen LogP contribution in [0.4, 0.5) is 5.69 Å². The van der Waals surface area contributed by atoms with Gasteiger partial charge in [-0.3, -0.25) is 4.79 Å². The van der Waals surface area contributed by atoms with Crippen molar-refractivity contribution in [2.24, 2.45) is 0 Å². The Morgan fingerprint density at radius 1 is 1.29 bits per heavy atom. The minimum absolute atomic E-state index is 0.0246. The lowest BCUT2D eigenvalue weighted by Crippen LogP contribution is -2.14. The van der Waals surface area contributed by atoms with Crippen LogP contribution in [-0.4, -0.2) is 19.6 Å². The molecule has 144 valence electrons. The molecule has 0 fully saturated rings. The Morgan fingerprint density at radius 3 is 2.68 bits per heavy atom. The maximum absolute atomic E-state index is 12.6. The van der Waals surface area contributed by atoms with E-state index in [2.05, 4.69) is 27.8 Å². The number of carbonyl (C=O) groups is 1. The quantitative estimate of drug-likeness (QED) is 0.365. The number of ether oxygens (including phenoxy) is 2. The van der Waals surface area contributed by atoms with Gasteiger partial charge in [0.2, 0.25) is 0 Å². The van der Waals surface area contributed by atoms with Gasteiger partial charge in [-0.2, -0.15) is 5.26 Å². The van der Waals surface area contributed by atoms with Crippen molar-refractivity contribution in [2.75, 3.05) is 19.0 Å². The zero-order chi connectivity index (χ0) is 20.7. The lowest BCUT2D eigenvalue weighted by atomic mass is 10.1. The number of methoxy groups -OCH3 is 1. The van der Waals surface area contributed by atoms with Gasteiger partial charge in [0, 0.05) is 10.2 Å². The van der Waals surface area contributed by atoms with E-state index in [1.165, 1.54) is 13.2 Å². The van der Waals surface area contributed by atoms with Crippen molar-refractivity contribution in [3.63, 3.8) is 0 Å². The highest BCUT2D eigenvalue weighted by Crippen LogP contribution is 2.34. The minimum atomic E-state index is -0.478. The molecule has 0 atom stereocenters. The molecular formula is C22H21BrN2O3. The molecule has 1 amide bonds. The number of halogens is 1. The van der Waals surface area contributed by atoms with E-state index in [1.807, 2.05) is 38.1 Å². The molecule has 0 heterocycles. The fraction of sp³-hybridized carbons (Fsp3) is 0.182. The van der Waals surface area contributed by atoms with E-state index in [0.29, 0.717) is 33.8 Å². The first-order chi connectivity index (χ1) is 13.4. The number of nitrogens with zero attached hydrogens (tertiary/aromatic N) is 1. The van der Waals surface area contributed by atoms with E-state index in [-0.39, 0.29) is 5.57 Å². The molecule has 1 N–H and O–H groups in total. The van der Waals surface area contributed by atoms with Crippen molar-refractivity contribution < 1.29 is 14.3 Å². The van der Waals surface area contributed by atoms with Gasteiger partial charge in [-0.05, 0) is 54.8 Å². The van der Waals surface area contributed by atoms with Gasteiger partial charge in [-0.1, -0.05) is 40.7 Å². The molecule has 0 saturated carbocycles. The van der Waals surface area contributed by atoms with E-state index in [1.54, 1.807) is 18.2 Å². The SMILES string of the molecule is C=CCOc1cc(Br)c(/C=C(\C#N)C(=O)Nc2cc(C)ccc2C)cc1OC. The largest absolute Gasteiger partial charge is 0.493 e. The predicted octanol–water partition coefficient (Wildman–Crippen LogP) is 5.19. The van der Waals surface area contributed by atoms with Crippen LogP contribution in [0.1, 0.15) is 16.7 Å². The molecule has 0 bridgehead atoms. The van der Waals surface area contributed by atoms with Crippen LogP contribution in [0.2, 0.25) is 0 Å². The van der Waals surface area contributed by atoms with Gasteiger partial charge in [0.25, 0.3) is 5.91 Å². The summed E-state index contributed by atoms with van der Waals surface area (Å²) in [5.74, 6) is 0.544. The molecule has 2 aromatic rings. The summed E-state index contributed by atoms with van der Waals surface area (Å²) in [5.41, 5.74) is 3.21. The summed E-state index contributed by atoms with van der Waals surface area (Å²) in [6.45, 7) is 7.79. The minimum Gasteiger partial charge on any atom is -0.493 e. The van der Waals surface area contributed by atoms with Crippen LogP contribution in [-0.2, 0) is 4.79 Å². The number of anilines is 1. The average Bonchev–Trinajstić information content (AvgIpc) is 2.68. The molecule has 5 nitrogen and oxygen atoms in total. The molecule has 0 spiro atoms. The molecule has 0 unspecified atom stereocenters. The first kappa shape index (κ1) is 21.3. The van der Waals surface area contributed by atoms with Crippen LogP contribution in [0.25, 0.3) is 6.08 Å². The van der Waals surface area contributed by atoms with Crippen molar-refractivity contribution in [3.05, 3.63) is 69.7 Å². The Bertz CT molecular complexity index is 974. The van der Waals surface area contributed by atoms with Gasteiger partial charge in [0.15, 0.2) is 11.5 Å². The average molecular weight is 441 g/mol. The van der Waals surface area contributed by atoms with E-state index < -0.39 is 5.91 Å². The lowest BCUT2D eigenvalue weighted by Gasteiger charge is -2.12. The molecule has 0 aliphatic heterocycles. The van der Waals surface area contributed by atoms with Gasteiger partial charge < -0.3 is 14.8 Å². The molecule has 0 radical (unpaired) electrons. The molecule has 6 heteroatoms. The van der Waals surface area contributed by atoms with Crippen LogP contribution in [0.5, 0.6) is 11.5 Å². The maximum atomic E-state index is 12.6. The van der Waals surface area contributed by atoms with Crippen molar-refractivity contribution >= 4 is 33.6 Å². The van der Waals surface area contributed by atoms with Crippen molar-refractivity contribution in [1.82, 2.24) is 0 Å².